The number of halogens is 1. The smallest absolute Gasteiger partial charge is 0.303 e. The van der Waals surface area contributed by atoms with Crippen molar-refractivity contribution in [2.45, 2.75) is 33.8 Å². The normalized spacial score (nSPS) is 13.4. The van der Waals surface area contributed by atoms with Gasteiger partial charge in [0.05, 0.1) is 0 Å². The summed E-state index contributed by atoms with van der Waals surface area (Å²) in [5.74, 6) is -0.326. The van der Waals surface area contributed by atoms with Gasteiger partial charge in [0.25, 0.3) is 0 Å². The summed E-state index contributed by atoms with van der Waals surface area (Å²) in [5, 5.41) is 2.72. The highest BCUT2D eigenvalue weighted by Gasteiger charge is 2.33. The third-order valence-electron chi connectivity index (χ3n) is 4.53. The molecule has 1 unspecified atom stereocenters. The van der Waals surface area contributed by atoms with E-state index in [-0.39, 0.29) is 11.4 Å². The lowest BCUT2D eigenvalue weighted by atomic mass is 9.80. The van der Waals surface area contributed by atoms with E-state index in [0.717, 1.165) is 27.5 Å². The fourth-order valence-electron chi connectivity index (χ4n) is 3.33. The molecule has 0 bridgehead atoms. The molecule has 144 valence electrons. The molecule has 4 heteroatoms. The molecule has 0 saturated heterocycles. The Morgan fingerprint density at radius 3 is 2.50 bits per heavy atom. The van der Waals surface area contributed by atoms with E-state index in [4.69, 9.17) is 16.3 Å². The second-order valence-corrected chi connectivity index (χ2v) is 8.29. The standard InChI is InChI=1S/C24H24ClNO2/c1-16(27)28-23(24(2,3)4)20(14-17-8-7-13-26-15-17)22-19-10-6-5-9-18(19)11-12-21(22)25/h5-15,23H,1-4H3/b20-14-. The molecule has 0 fully saturated rings. The second-order valence-electron chi connectivity index (χ2n) is 7.89. The van der Waals surface area contributed by atoms with E-state index in [9.17, 15) is 4.79 Å². The van der Waals surface area contributed by atoms with Crippen LogP contribution in [0.2, 0.25) is 5.02 Å². The van der Waals surface area contributed by atoms with Crippen molar-refractivity contribution in [3.05, 3.63) is 77.1 Å². The number of fused-ring (bicyclic) bond motifs is 1. The van der Waals surface area contributed by atoms with E-state index < -0.39 is 6.10 Å². The predicted octanol–water partition coefficient (Wildman–Crippen LogP) is 6.41. The Morgan fingerprint density at radius 2 is 1.86 bits per heavy atom. The molecule has 1 atom stereocenters. The molecule has 1 heterocycles. The van der Waals surface area contributed by atoms with Crippen LogP contribution in [0, 0.1) is 5.41 Å². The Morgan fingerprint density at radius 1 is 1.11 bits per heavy atom. The number of hydrogen-bond donors (Lipinski definition) is 0. The zero-order valence-electron chi connectivity index (χ0n) is 16.6. The van der Waals surface area contributed by atoms with Gasteiger partial charge < -0.3 is 4.74 Å². The fourth-order valence-corrected chi connectivity index (χ4v) is 3.60. The van der Waals surface area contributed by atoms with Crippen molar-refractivity contribution < 1.29 is 9.53 Å². The molecule has 3 aromatic rings. The number of benzene rings is 2. The molecule has 3 rings (SSSR count). The highest BCUT2D eigenvalue weighted by Crippen LogP contribution is 2.41. The molecule has 28 heavy (non-hydrogen) atoms. The molecular weight excluding hydrogens is 370 g/mol. The van der Waals surface area contributed by atoms with E-state index in [1.807, 2.05) is 48.5 Å². The zero-order chi connectivity index (χ0) is 20.3. The maximum atomic E-state index is 11.9. The number of rotatable bonds is 4. The van der Waals surface area contributed by atoms with Crippen molar-refractivity contribution >= 4 is 40.0 Å². The molecule has 0 aliphatic heterocycles. The number of esters is 1. The quantitative estimate of drug-likeness (QED) is 0.481. The Hall–Kier alpha value is -2.65. The van der Waals surface area contributed by atoms with Gasteiger partial charge in [-0.2, -0.15) is 0 Å². The van der Waals surface area contributed by atoms with Gasteiger partial charge in [-0.15, -0.1) is 0 Å². The zero-order valence-corrected chi connectivity index (χ0v) is 17.3. The summed E-state index contributed by atoms with van der Waals surface area (Å²) in [7, 11) is 0. The van der Waals surface area contributed by atoms with Crippen LogP contribution in [0.4, 0.5) is 0 Å². The van der Waals surface area contributed by atoms with Crippen molar-refractivity contribution in [3.63, 3.8) is 0 Å². The number of aromatic nitrogens is 1. The minimum Gasteiger partial charge on any atom is -0.457 e. The summed E-state index contributed by atoms with van der Waals surface area (Å²) >= 11 is 6.70. The maximum Gasteiger partial charge on any atom is 0.303 e. The van der Waals surface area contributed by atoms with E-state index in [2.05, 4.69) is 31.8 Å². The molecular formula is C24H24ClNO2. The van der Waals surface area contributed by atoms with E-state index >= 15 is 0 Å². The van der Waals surface area contributed by atoms with Gasteiger partial charge in [-0.25, -0.2) is 0 Å². The minimum atomic E-state index is -0.478. The van der Waals surface area contributed by atoms with Crippen molar-refractivity contribution in [1.29, 1.82) is 0 Å². The number of carbonyl (C=O) groups excluding carboxylic acids is 1. The first-order valence-corrected chi connectivity index (χ1v) is 9.61. The third kappa shape index (κ3) is 4.42. The van der Waals surface area contributed by atoms with Crippen LogP contribution in [0.1, 0.15) is 38.8 Å². The largest absolute Gasteiger partial charge is 0.457 e. The molecule has 0 aliphatic rings. The number of ether oxygens (including phenoxy) is 1. The Balaban J connectivity index is 2.33. The van der Waals surface area contributed by atoms with Crippen molar-refractivity contribution in [2.75, 3.05) is 0 Å². The first kappa shape index (κ1) is 20.1. The first-order valence-electron chi connectivity index (χ1n) is 9.24. The average molecular weight is 394 g/mol. The molecule has 0 N–H and O–H groups in total. The highest BCUT2D eigenvalue weighted by atomic mass is 35.5. The van der Waals surface area contributed by atoms with E-state index in [0.29, 0.717) is 5.02 Å². The molecule has 0 radical (unpaired) electrons. The predicted molar refractivity (Wildman–Crippen MR) is 116 cm³/mol. The Labute approximate surface area is 171 Å². The van der Waals surface area contributed by atoms with Gasteiger partial charge in [0.2, 0.25) is 0 Å². The molecule has 1 aromatic heterocycles. The SMILES string of the molecule is CC(=O)OC(/C(=C\c1cccnc1)c1c(Cl)ccc2ccccc12)C(C)(C)C. The number of pyridine rings is 1. The van der Waals surface area contributed by atoms with Gasteiger partial charge in [-0.05, 0) is 34.5 Å². The lowest BCUT2D eigenvalue weighted by Gasteiger charge is -2.33. The third-order valence-corrected chi connectivity index (χ3v) is 4.84. The van der Waals surface area contributed by atoms with Gasteiger partial charge in [0.15, 0.2) is 0 Å². The lowest BCUT2D eigenvalue weighted by Crippen LogP contribution is -2.32. The highest BCUT2D eigenvalue weighted by molar-refractivity contribution is 6.34. The van der Waals surface area contributed by atoms with Crippen molar-refractivity contribution in [1.82, 2.24) is 4.98 Å². The van der Waals surface area contributed by atoms with Crippen LogP contribution >= 0.6 is 11.6 Å². The summed E-state index contributed by atoms with van der Waals surface area (Å²) in [6.45, 7) is 7.59. The molecule has 0 spiro atoms. The lowest BCUT2D eigenvalue weighted by molar-refractivity contribution is -0.147. The summed E-state index contributed by atoms with van der Waals surface area (Å²) < 4.78 is 5.82. The Bertz CT molecular complexity index is 1020. The average Bonchev–Trinajstić information content (AvgIpc) is 2.65. The topological polar surface area (TPSA) is 39.2 Å². The molecule has 3 nitrogen and oxygen atoms in total. The minimum absolute atomic E-state index is 0.326. The van der Waals surface area contributed by atoms with Crippen LogP contribution in [0.15, 0.2) is 60.9 Å². The van der Waals surface area contributed by atoms with Crippen LogP contribution in [-0.2, 0) is 9.53 Å². The van der Waals surface area contributed by atoms with E-state index in [1.54, 1.807) is 12.4 Å². The number of hydrogen-bond acceptors (Lipinski definition) is 3. The van der Waals surface area contributed by atoms with Gasteiger partial charge >= 0.3 is 5.97 Å². The van der Waals surface area contributed by atoms with Crippen molar-refractivity contribution in [3.8, 4) is 0 Å². The maximum absolute atomic E-state index is 11.9. The van der Waals surface area contributed by atoms with Crippen LogP contribution in [0.3, 0.4) is 0 Å². The van der Waals surface area contributed by atoms with Gasteiger partial charge in [0.1, 0.15) is 6.10 Å². The van der Waals surface area contributed by atoms with Gasteiger partial charge in [-0.1, -0.05) is 68.8 Å². The monoisotopic (exact) mass is 393 g/mol. The number of nitrogens with zero attached hydrogens (tertiary/aromatic N) is 1. The molecule has 0 saturated carbocycles. The van der Waals surface area contributed by atoms with Crippen LogP contribution in [-0.4, -0.2) is 17.1 Å². The molecule has 0 aliphatic carbocycles. The first-order chi connectivity index (χ1) is 13.3. The van der Waals surface area contributed by atoms with Gasteiger partial charge in [-0.3, -0.25) is 9.78 Å². The molecule has 0 amide bonds. The van der Waals surface area contributed by atoms with Crippen molar-refractivity contribution in [2.24, 2.45) is 5.41 Å². The Kier molecular flexibility index (Phi) is 5.85. The van der Waals surface area contributed by atoms with Gasteiger partial charge in [0, 0.05) is 40.9 Å². The van der Waals surface area contributed by atoms with Crippen LogP contribution in [0.5, 0.6) is 0 Å². The second kappa shape index (κ2) is 8.15. The number of carbonyl (C=O) groups is 1. The summed E-state index contributed by atoms with van der Waals surface area (Å²) in [5.41, 5.74) is 2.32. The summed E-state index contributed by atoms with van der Waals surface area (Å²) in [6.07, 6.45) is 5.05. The van der Waals surface area contributed by atoms with E-state index in [1.165, 1.54) is 6.92 Å². The van der Waals surface area contributed by atoms with Crippen LogP contribution in [0.25, 0.3) is 22.4 Å². The fraction of sp³-hybridized carbons (Fsp3) is 0.250. The summed E-state index contributed by atoms with van der Waals surface area (Å²) in [6, 6.07) is 15.8. The van der Waals surface area contributed by atoms with Crippen LogP contribution < -0.4 is 0 Å². The molecule has 2 aromatic carbocycles. The summed E-state index contributed by atoms with van der Waals surface area (Å²) in [4.78, 5) is 16.2.